The Balaban J connectivity index is 2.82. The van der Waals surface area contributed by atoms with E-state index in [-0.39, 0.29) is 0 Å². The molecule has 24 heteroatoms. The van der Waals surface area contributed by atoms with Crippen LogP contribution < -0.4 is 0 Å². The minimum absolute atomic E-state index is 0.674. The first-order valence-corrected chi connectivity index (χ1v) is 15.2. The smallest absolute Gasteiger partial charge is 0.423 e. The minimum Gasteiger partial charge on any atom is -0.463 e. The third kappa shape index (κ3) is 13.6. The molecule has 10 atom stereocenters. The van der Waals surface area contributed by atoms with Gasteiger partial charge >= 0.3 is 54.1 Å². The summed E-state index contributed by atoms with van der Waals surface area (Å²) in [6.45, 7) is 4.05. The molecule has 2 rings (SSSR count). The Bertz CT molecular complexity index is 1340. The molecular weight excluding hydrogens is 750 g/mol. The van der Waals surface area contributed by atoms with E-state index in [1.54, 1.807) is 0 Å². The van der Waals surface area contributed by atoms with Crippen LogP contribution in [0.15, 0.2) is 0 Å². The average Bonchev–Trinajstić information content (AvgIpc) is 2.96. The van der Waals surface area contributed by atoms with Crippen molar-refractivity contribution in [2.45, 2.75) is 128 Å². The topological polar surface area (TPSA) is 221 Å². The number of hydrogen-bond donors (Lipinski definition) is 0. The number of esters is 7. The van der Waals surface area contributed by atoms with Gasteiger partial charge in [-0.1, -0.05) is 0 Å². The molecule has 0 aromatic rings. The van der Waals surface area contributed by atoms with Crippen LogP contribution in [0.2, 0.25) is 0 Å². The Morgan fingerprint density at radius 2 is 0.792 bits per heavy atom. The Morgan fingerprint density at radius 3 is 1.17 bits per heavy atom. The molecule has 0 aliphatic carbocycles. The van der Waals surface area contributed by atoms with Gasteiger partial charge in [0.25, 0.3) is 6.10 Å². The molecule has 302 valence electrons. The molecule has 2 fully saturated rings. The van der Waals surface area contributed by atoms with E-state index in [2.05, 4.69) is 4.74 Å². The van der Waals surface area contributed by atoms with Gasteiger partial charge in [0.15, 0.2) is 43.1 Å². The van der Waals surface area contributed by atoms with Crippen LogP contribution >= 0.6 is 0 Å². The molecule has 0 aromatic heterocycles. The van der Waals surface area contributed by atoms with Crippen molar-refractivity contribution in [3.8, 4) is 0 Å². The fraction of sp³-hybridized carbons (Fsp3) is 0.759. The first-order chi connectivity index (χ1) is 24.3. The standard InChI is InChI=1S/C29H36F6O18/c1-10(36)43-8-17-19(45-12(3)38)21(46-13(4)39)23(48-15(6)41)25(50-17)52-20-18(9-44-11(2)37)51-26(53-27(28(30,31)32)29(33,34)35)24(49-16(7)42)22(20)47-14(5)40/h17-27H,8-9H2,1-7H3/t17-,18-,19-,20-,21+,22+,23-,24-,25+,26-/m1/s1. The van der Waals surface area contributed by atoms with Gasteiger partial charge in [-0.05, 0) is 0 Å². The van der Waals surface area contributed by atoms with Crippen molar-refractivity contribution in [1.29, 1.82) is 0 Å². The van der Waals surface area contributed by atoms with Crippen molar-refractivity contribution >= 4 is 41.8 Å². The summed E-state index contributed by atoms with van der Waals surface area (Å²) in [5.74, 6) is -7.83. The molecule has 0 aromatic carbocycles. The van der Waals surface area contributed by atoms with Crippen LogP contribution in [0.4, 0.5) is 26.3 Å². The van der Waals surface area contributed by atoms with Crippen LogP contribution in [0.3, 0.4) is 0 Å². The molecule has 2 aliphatic rings. The van der Waals surface area contributed by atoms with Crippen molar-refractivity contribution in [1.82, 2.24) is 0 Å². The van der Waals surface area contributed by atoms with Crippen LogP contribution in [-0.4, -0.2) is 135 Å². The van der Waals surface area contributed by atoms with E-state index in [0.29, 0.717) is 6.92 Å². The number of rotatable bonds is 13. The fourth-order valence-corrected chi connectivity index (χ4v) is 5.06. The molecule has 53 heavy (non-hydrogen) atoms. The van der Waals surface area contributed by atoms with Crippen molar-refractivity contribution in [3.05, 3.63) is 0 Å². The number of carbonyl (C=O) groups excluding carboxylic acids is 7. The second-order valence-corrected chi connectivity index (χ2v) is 11.3. The summed E-state index contributed by atoms with van der Waals surface area (Å²) in [6.07, 6.45) is -38.1. The SMILES string of the molecule is CC(=O)OC[C@H]1O[C@@H](O[C@H]2[C@H](OC(C)=O)[C@@H](OC(C)=O)[C@@H](OC(C(F)(F)F)C(F)(F)F)O[C@@H]2COC(C)=O)[C@H](OC(C)=O)[C@@H](OC(C)=O)[C@@H]1OC(C)=O. The number of alkyl halides is 6. The third-order valence-corrected chi connectivity index (χ3v) is 6.75. The molecule has 0 amide bonds. The maximum Gasteiger partial charge on any atom is 0.423 e. The quantitative estimate of drug-likeness (QED) is 0.145. The lowest BCUT2D eigenvalue weighted by atomic mass is 9.96. The highest BCUT2D eigenvalue weighted by molar-refractivity contribution is 5.69. The Hall–Kier alpha value is -4.29. The van der Waals surface area contributed by atoms with Gasteiger partial charge in [-0.25, -0.2) is 0 Å². The maximum atomic E-state index is 13.6. The molecule has 0 N–H and O–H groups in total. The summed E-state index contributed by atoms with van der Waals surface area (Å²) in [6, 6.07) is 0. The minimum atomic E-state index is -6.13. The zero-order valence-corrected chi connectivity index (χ0v) is 28.9. The summed E-state index contributed by atoms with van der Waals surface area (Å²) >= 11 is 0. The van der Waals surface area contributed by atoms with E-state index in [0.717, 1.165) is 41.5 Å². The van der Waals surface area contributed by atoms with Crippen molar-refractivity contribution in [2.24, 2.45) is 0 Å². The monoisotopic (exact) mass is 786 g/mol. The van der Waals surface area contributed by atoms with Gasteiger partial charge in [0, 0.05) is 48.5 Å². The van der Waals surface area contributed by atoms with Crippen LogP contribution in [0, 0.1) is 0 Å². The van der Waals surface area contributed by atoms with E-state index in [9.17, 15) is 59.9 Å². The second kappa shape index (κ2) is 18.6. The van der Waals surface area contributed by atoms with Crippen LogP contribution in [-0.2, 0) is 85.7 Å². The molecule has 0 radical (unpaired) electrons. The normalized spacial score (nSPS) is 28.9. The van der Waals surface area contributed by atoms with Gasteiger partial charge < -0.3 is 52.1 Å². The summed E-state index contributed by atoms with van der Waals surface area (Å²) < 4.78 is 139. The van der Waals surface area contributed by atoms with Gasteiger partial charge in [0.05, 0.1) is 0 Å². The van der Waals surface area contributed by atoms with Crippen molar-refractivity contribution in [2.75, 3.05) is 13.2 Å². The first kappa shape index (κ1) is 44.9. The van der Waals surface area contributed by atoms with E-state index in [1.807, 2.05) is 0 Å². The van der Waals surface area contributed by atoms with Crippen molar-refractivity contribution < 1.29 is 112 Å². The predicted octanol–water partition coefficient (Wildman–Crippen LogP) is 1.12. The second-order valence-electron chi connectivity index (χ2n) is 11.3. The zero-order chi connectivity index (χ0) is 40.6. The lowest BCUT2D eigenvalue weighted by Gasteiger charge is -2.49. The Kier molecular flexibility index (Phi) is 15.8. The van der Waals surface area contributed by atoms with E-state index in [4.69, 9.17) is 47.4 Å². The number of halogens is 6. The fourth-order valence-electron chi connectivity index (χ4n) is 5.06. The molecule has 18 nitrogen and oxygen atoms in total. The molecular formula is C29H36F6O18. The summed E-state index contributed by atoms with van der Waals surface area (Å²) in [5.41, 5.74) is 0. The van der Waals surface area contributed by atoms with Crippen molar-refractivity contribution in [3.63, 3.8) is 0 Å². The van der Waals surface area contributed by atoms with Gasteiger partial charge in [0.1, 0.15) is 31.5 Å². The average molecular weight is 787 g/mol. The molecule has 0 saturated carbocycles. The number of hydrogen-bond acceptors (Lipinski definition) is 18. The summed E-state index contributed by atoms with van der Waals surface area (Å²) in [4.78, 5) is 84.5. The first-order valence-electron chi connectivity index (χ1n) is 15.2. The highest BCUT2D eigenvalue weighted by Gasteiger charge is 2.63. The largest absolute Gasteiger partial charge is 0.463 e. The van der Waals surface area contributed by atoms with Crippen LogP contribution in [0.5, 0.6) is 0 Å². The van der Waals surface area contributed by atoms with E-state index < -0.39 is 135 Å². The zero-order valence-electron chi connectivity index (χ0n) is 28.9. The summed E-state index contributed by atoms with van der Waals surface area (Å²) in [7, 11) is 0. The number of carbonyl (C=O) groups is 7. The van der Waals surface area contributed by atoms with E-state index >= 15 is 0 Å². The third-order valence-electron chi connectivity index (χ3n) is 6.75. The van der Waals surface area contributed by atoms with Gasteiger partial charge in [0.2, 0.25) is 0 Å². The van der Waals surface area contributed by atoms with Gasteiger partial charge in [-0.2, -0.15) is 26.3 Å². The molecule has 0 bridgehead atoms. The highest BCUT2D eigenvalue weighted by atomic mass is 19.4. The molecule has 0 spiro atoms. The number of ether oxygens (including phenoxy) is 11. The molecule has 0 unspecified atom stereocenters. The molecule has 2 heterocycles. The predicted molar refractivity (Wildman–Crippen MR) is 150 cm³/mol. The Labute approximate surface area is 295 Å². The van der Waals surface area contributed by atoms with Gasteiger partial charge in [-0.15, -0.1) is 0 Å². The van der Waals surface area contributed by atoms with Crippen LogP contribution in [0.1, 0.15) is 48.5 Å². The molecule has 2 saturated heterocycles. The molecule has 2 aliphatic heterocycles. The van der Waals surface area contributed by atoms with Crippen LogP contribution in [0.25, 0.3) is 0 Å². The van der Waals surface area contributed by atoms with Gasteiger partial charge in [-0.3, -0.25) is 33.6 Å². The summed E-state index contributed by atoms with van der Waals surface area (Å²) in [5, 5.41) is 0. The lowest BCUT2D eigenvalue weighted by Crippen LogP contribution is -2.68. The van der Waals surface area contributed by atoms with E-state index in [1.165, 1.54) is 0 Å². The lowest BCUT2D eigenvalue weighted by molar-refractivity contribution is -0.397. The highest BCUT2D eigenvalue weighted by Crippen LogP contribution is 2.40. The Morgan fingerprint density at radius 1 is 0.472 bits per heavy atom. The maximum absolute atomic E-state index is 13.6.